The molecule has 1 N–H and O–H groups in total. The Kier molecular flexibility index (Phi) is 4.96. The van der Waals surface area contributed by atoms with Crippen molar-refractivity contribution >= 4 is 18.1 Å². The van der Waals surface area contributed by atoms with Gasteiger partial charge in [0.1, 0.15) is 0 Å². The van der Waals surface area contributed by atoms with Crippen molar-refractivity contribution in [2.24, 2.45) is 11.8 Å². The summed E-state index contributed by atoms with van der Waals surface area (Å²) in [5.74, 6) is 1.53. The molecular formula is C14H20ClN3O2. The van der Waals surface area contributed by atoms with E-state index in [2.05, 4.69) is 10.2 Å². The first-order chi connectivity index (χ1) is 9.24. The lowest BCUT2D eigenvalue weighted by molar-refractivity contribution is -0.385. The molecule has 6 heteroatoms. The van der Waals surface area contributed by atoms with E-state index in [1.54, 1.807) is 12.1 Å². The maximum atomic E-state index is 11.0. The number of hydrogen-bond acceptors (Lipinski definition) is 4. The molecule has 20 heavy (non-hydrogen) atoms. The van der Waals surface area contributed by atoms with E-state index in [1.165, 1.54) is 6.42 Å². The molecule has 3 rings (SSSR count). The molecular weight excluding hydrogens is 278 g/mol. The van der Waals surface area contributed by atoms with Crippen LogP contribution in [-0.2, 0) is 6.54 Å². The predicted molar refractivity (Wildman–Crippen MR) is 80.1 cm³/mol. The normalized spacial score (nSPS) is 25.8. The van der Waals surface area contributed by atoms with Gasteiger partial charge >= 0.3 is 0 Å². The Hall–Kier alpha value is -1.17. The number of likely N-dealkylation sites (tertiary alicyclic amines) is 1. The van der Waals surface area contributed by atoms with Gasteiger partial charge < -0.3 is 5.32 Å². The van der Waals surface area contributed by atoms with Crippen molar-refractivity contribution in [3.8, 4) is 0 Å². The molecule has 2 unspecified atom stereocenters. The molecule has 0 spiro atoms. The third kappa shape index (κ3) is 3.11. The smallest absolute Gasteiger partial charge is 0.273 e. The number of hydrogen-bond donors (Lipinski definition) is 1. The molecule has 0 saturated carbocycles. The van der Waals surface area contributed by atoms with E-state index in [0.717, 1.165) is 43.6 Å². The zero-order valence-corrected chi connectivity index (χ0v) is 12.1. The summed E-state index contributed by atoms with van der Waals surface area (Å²) in [4.78, 5) is 13.1. The Morgan fingerprint density at radius 1 is 1.30 bits per heavy atom. The summed E-state index contributed by atoms with van der Waals surface area (Å²) in [5.41, 5.74) is 1.08. The first kappa shape index (κ1) is 15.2. The van der Waals surface area contributed by atoms with Gasteiger partial charge in [0, 0.05) is 24.7 Å². The number of nitrogens with one attached hydrogen (secondary N) is 1. The molecule has 1 aromatic carbocycles. The Morgan fingerprint density at radius 3 is 2.85 bits per heavy atom. The largest absolute Gasteiger partial charge is 0.316 e. The summed E-state index contributed by atoms with van der Waals surface area (Å²) >= 11 is 0. The molecule has 2 aliphatic rings. The summed E-state index contributed by atoms with van der Waals surface area (Å²) in [6.45, 7) is 5.04. The van der Waals surface area contributed by atoms with Crippen molar-refractivity contribution in [2.45, 2.75) is 13.0 Å². The number of fused-ring (bicyclic) bond motifs is 1. The molecule has 2 saturated heterocycles. The number of piperidine rings is 1. The van der Waals surface area contributed by atoms with Crippen LogP contribution < -0.4 is 5.32 Å². The number of nitro groups is 1. The second kappa shape index (κ2) is 6.52. The van der Waals surface area contributed by atoms with Crippen LogP contribution in [-0.4, -0.2) is 36.0 Å². The molecule has 2 atom stereocenters. The van der Waals surface area contributed by atoms with Crippen LogP contribution in [0, 0.1) is 22.0 Å². The zero-order valence-electron chi connectivity index (χ0n) is 11.3. The molecule has 1 aromatic rings. The number of benzene rings is 1. The minimum atomic E-state index is -0.279. The highest BCUT2D eigenvalue weighted by atomic mass is 35.5. The molecule has 5 nitrogen and oxygen atoms in total. The quantitative estimate of drug-likeness (QED) is 0.685. The van der Waals surface area contributed by atoms with E-state index in [1.807, 2.05) is 12.1 Å². The van der Waals surface area contributed by atoms with Crippen LogP contribution in [0.15, 0.2) is 24.3 Å². The van der Waals surface area contributed by atoms with Crippen LogP contribution in [0.25, 0.3) is 0 Å². The number of nitrogens with zero attached hydrogens (tertiary/aromatic N) is 2. The van der Waals surface area contributed by atoms with Crippen LogP contribution in [0.1, 0.15) is 12.0 Å². The Bertz CT molecular complexity index is 483. The average Bonchev–Trinajstić information content (AvgIpc) is 2.86. The van der Waals surface area contributed by atoms with Crippen LogP contribution in [0.2, 0.25) is 0 Å². The summed E-state index contributed by atoms with van der Waals surface area (Å²) in [7, 11) is 0. The van der Waals surface area contributed by atoms with Crippen LogP contribution >= 0.6 is 12.4 Å². The van der Waals surface area contributed by atoms with Gasteiger partial charge in [-0.3, -0.25) is 15.0 Å². The third-order valence-electron chi connectivity index (χ3n) is 4.37. The van der Waals surface area contributed by atoms with Crippen molar-refractivity contribution < 1.29 is 4.92 Å². The van der Waals surface area contributed by atoms with Gasteiger partial charge in [-0.05, 0) is 37.9 Å². The lowest BCUT2D eigenvalue weighted by Gasteiger charge is -2.34. The maximum Gasteiger partial charge on any atom is 0.273 e. The van der Waals surface area contributed by atoms with Gasteiger partial charge in [-0.25, -0.2) is 0 Å². The van der Waals surface area contributed by atoms with Gasteiger partial charge in [-0.1, -0.05) is 18.2 Å². The van der Waals surface area contributed by atoms with Gasteiger partial charge in [-0.2, -0.15) is 0 Å². The highest BCUT2D eigenvalue weighted by Crippen LogP contribution is 2.28. The lowest BCUT2D eigenvalue weighted by atomic mass is 9.88. The molecule has 0 amide bonds. The number of para-hydroxylation sites is 1. The minimum Gasteiger partial charge on any atom is -0.316 e. The third-order valence-corrected chi connectivity index (χ3v) is 4.37. The lowest BCUT2D eigenvalue weighted by Crippen LogP contribution is -2.39. The van der Waals surface area contributed by atoms with E-state index < -0.39 is 0 Å². The van der Waals surface area contributed by atoms with Gasteiger partial charge in [0.25, 0.3) is 5.69 Å². The molecule has 0 radical (unpaired) electrons. The maximum absolute atomic E-state index is 11.0. The van der Waals surface area contributed by atoms with Crippen LogP contribution in [0.3, 0.4) is 0 Å². The molecule has 110 valence electrons. The second-order valence-corrected chi connectivity index (χ2v) is 5.59. The topological polar surface area (TPSA) is 58.4 Å². The second-order valence-electron chi connectivity index (χ2n) is 5.59. The molecule has 2 heterocycles. The standard InChI is InChI=1S/C14H19N3O2.ClH/c18-17(19)14-4-2-1-3-12(14)9-16-6-5-11-7-15-8-13(11)10-16;/h1-4,11,13,15H,5-10H2;1H. The summed E-state index contributed by atoms with van der Waals surface area (Å²) in [6.07, 6.45) is 1.21. The molecule has 2 aliphatic heterocycles. The van der Waals surface area contributed by atoms with Crippen molar-refractivity contribution in [2.75, 3.05) is 26.2 Å². The fourth-order valence-corrected chi connectivity index (χ4v) is 3.32. The number of nitro benzene ring substituents is 1. The highest BCUT2D eigenvalue weighted by molar-refractivity contribution is 5.85. The highest BCUT2D eigenvalue weighted by Gasteiger charge is 2.33. The monoisotopic (exact) mass is 297 g/mol. The molecule has 0 aliphatic carbocycles. The minimum absolute atomic E-state index is 0. The average molecular weight is 298 g/mol. The van der Waals surface area contributed by atoms with Crippen molar-refractivity contribution in [3.63, 3.8) is 0 Å². The summed E-state index contributed by atoms with van der Waals surface area (Å²) in [6, 6.07) is 7.08. The van der Waals surface area contributed by atoms with Crippen molar-refractivity contribution in [1.82, 2.24) is 10.2 Å². The van der Waals surface area contributed by atoms with E-state index in [9.17, 15) is 10.1 Å². The Morgan fingerprint density at radius 2 is 2.05 bits per heavy atom. The number of rotatable bonds is 3. The van der Waals surface area contributed by atoms with Gasteiger partial charge in [0.15, 0.2) is 0 Å². The van der Waals surface area contributed by atoms with E-state index in [4.69, 9.17) is 0 Å². The fourth-order valence-electron chi connectivity index (χ4n) is 3.32. The first-order valence-electron chi connectivity index (χ1n) is 6.89. The molecule has 0 aromatic heterocycles. The van der Waals surface area contributed by atoms with Crippen molar-refractivity contribution in [3.05, 3.63) is 39.9 Å². The summed E-state index contributed by atoms with van der Waals surface area (Å²) < 4.78 is 0. The number of halogens is 1. The SMILES string of the molecule is Cl.O=[N+]([O-])c1ccccc1CN1CCC2CNCC2C1. The van der Waals surface area contributed by atoms with Crippen molar-refractivity contribution in [1.29, 1.82) is 0 Å². The first-order valence-corrected chi connectivity index (χ1v) is 6.89. The van der Waals surface area contributed by atoms with E-state index in [0.29, 0.717) is 6.54 Å². The zero-order chi connectivity index (χ0) is 13.2. The molecule has 2 fully saturated rings. The van der Waals surface area contributed by atoms with E-state index in [-0.39, 0.29) is 23.0 Å². The van der Waals surface area contributed by atoms with Gasteiger partial charge in [-0.15, -0.1) is 12.4 Å². The van der Waals surface area contributed by atoms with Gasteiger partial charge in [0.05, 0.1) is 4.92 Å². The Labute approximate surface area is 124 Å². The van der Waals surface area contributed by atoms with Crippen LogP contribution in [0.4, 0.5) is 5.69 Å². The Balaban J connectivity index is 0.00000147. The fraction of sp³-hybridized carbons (Fsp3) is 0.571. The van der Waals surface area contributed by atoms with Gasteiger partial charge in [0.2, 0.25) is 0 Å². The van der Waals surface area contributed by atoms with E-state index >= 15 is 0 Å². The van der Waals surface area contributed by atoms with Crippen LogP contribution in [0.5, 0.6) is 0 Å². The predicted octanol–water partition coefficient (Wildman–Crippen LogP) is 2.06. The summed E-state index contributed by atoms with van der Waals surface area (Å²) in [5, 5.41) is 14.5. The molecule has 0 bridgehead atoms.